The van der Waals surface area contributed by atoms with Crippen molar-refractivity contribution >= 4 is 11.9 Å². The summed E-state index contributed by atoms with van der Waals surface area (Å²) in [6.45, 7) is 1.49. The van der Waals surface area contributed by atoms with E-state index < -0.39 is 0 Å². The molecule has 1 unspecified atom stereocenters. The van der Waals surface area contributed by atoms with E-state index in [1.165, 1.54) is 4.90 Å². The summed E-state index contributed by atoms with van der Waals surface area (Å²) in [5, 5.41) is 2.25. The SMILES string of the molecule is O=C1CN(CC2CCCCO2)C(=O)N1. The van der Waals surface area contributed by atoms with E-state index in [9.17, 15) is 9.59 Å². The average molecular weight is 198 g/mol. The highest BCUT2D eigenvalue weighted by Gasteiger charge is 2.29. The van der Waals surface area contributed by atoms with Crippen molar-refractivity contribution in [2.45, 2.75) is 25.4 Å². The highest BCUT2D eigenvalue weighted by atomic mass is 16.5. The van der Waals surface area contributed by atoms with Gasteiger partial charge in [-0.1, -0.05) is 0 Å². The molecule has 0 aromatic heterocycles. The topological polar surface area (TPSA) is 58.6 Å². The summed E-state index contributed by atoms with van der Waals surface area (Å²) in [5.74, 6) is -0.217. The Balaban J connectivity index is 1.84. The highest BCUT2D eigenvalue weighted by molar-refractivity contribution is 6.01. The Bertz CT molecular complexity index is 248. The second-order valence-electron chi connectivity index (χ2n) is 3.72. The molecule has 2 rings (SSSR count). The zero-order valence-corrected chi connectivity index (χ0v) is 7.99. The second-order valence-corrected chi connectivity index (χ2v) is 3.72. The molecule has 2 fully saturated rings. The van der Waals surface area contributed by atoms with Gasteiger partial charge in [0.1, 0.15) is 6.54 Å². The molecule has 14 heavy (non-hydrogen) atoms. The van der Waals surface area contributed by atoms with E-state index in [1.54, 1.807) is 0 Å². The largest absolute Gasteiger partial charge is 0.376 e. The Morgan fingerprint density at radius 1 is 1.43 bits per heavy atom. The summed E-state index contributed by atoms with van der Waals surface area (Å²) < 4.78 is 5.49. The molecule has 0 radical (unpaired) electrons. The van der Waals surface area contributed by atoms with Gasteiger partial charge in [0, 0.05) is 13.2 Å². The average Bonchev–Trinajstić information content (AvgIpc) is 2.47. The van der Waals surface area contributed by atoms with Crippen LogP contribution in [0.5, 0.6) is 0 Å². The molecule has 2 heterocycles. The molecule has 0 bridgehead atoms. The number of urea groups is 1. The summed E-state index contributed by atoms with van der Waals surface area (Å²) in [6.07, 6.45) is 3.34. The lowest BCUT2D eigenvalue weighted by Gasteiger charge is -2.26. The molecule has 0 aliphatic carbocycles. The molecule has 3 amide bonds. The maximum absolute atomic E-state index is 11.2. The molecule has 1 N–H and O–H groups in total. The van der Waals surface area contributed by atoms with Gasteiger partial charge in [-0.25, -0.2) is 4.79 Å². The Kier molecular flexibility index (Phi) is 2.67. The molecule has 5 heteroatoms. The van der Waals surface area contributed by atoms with E-state index in [1.807, 2.05) is 0 Å². The lowest BCUT2D eigenvalue weighted by molar-refractivity contribution is -0.118. The molecule has 0 aromatic rings. The van der Waals surface area contributed by atoms with Crippen LogP contribution in [0, 0.1) is 0 Å². The van der Waals surface area contributed by atoms with Gasteiger partial charge in [0.25, 0.3) is 0 Å². The van der Waals surface area contributed by atoms with Crippen LogP contribution in [-0.2, 0) is 9.53 Å². The van der Waals surface area contributed by atoms with Gasteiger partial charge in [0.05, 0.1) is 6.10 Å². The minimum Gasteiger partial charge on any atom is -0.376 e. The van der Waals surface area contributed by atoms with Crippen LogP contribution >= 0.6 is 0 Å². The molecule has 5 nitrogen and oxygen atoms in total. The molecule has 0 spiro atoms. The van der Waals surface area contributed by atoms with Gasteiger partial charge < -0.3 is 9.64 Å². The van der Waals surface area contributed by atoms with Crippen molar-refractivity contribution in [1.82, 2.24) is 10.2 Å². The Hall–Kier alpha value is -1.10. The van der Waals surface area contributed by atoms with E-state index in [0.29, 0.717) is 6.54 Å². The van der Waals surface area contributed by atoms with Gasteiger partial charge in [-0.3, -0.25) is 10.1 Å². The van der Waals surface area contributed by atoms with Crippen LogP contribution in [0.3, 0.4) is 0 Å². The van der Waals surface area contributed by atoms with E-state index in [-0.39, 0.29) is 24.6 Å². The molecule has 0 saturated carbocycles. The standard InChI is InChI=1S/C9H14N2O3/c12-8-6-11(9(13)10-8)5-7-3-1-2-4-14-7/h7H,1-6H2,(H,10,12,13). The quantitative estimate of drug-likeness (QED) is 0.640. The first-order chi connectivity index (χ1) is 6.75. The first kappa shape index (κ1) is 9.45. The van der Waals surface area contributed by atoms with Gasteiger partial charge in [-0.2, -0.15) is 0 Å². The number of nitrogens with one attached hydrogen (secondary N) is 1. The van der Waals surface area contributed by atoms with Crippen molar-refractivity contribution in [3.8, 4) is 0 Å². The Labute approximate surface area is 82.4 Å². The third-order valence-corrected chi connectivity index (χ3v) is 2.57. The smallest absolute Gasteiger partial charge is 0.324 e. The molecular weight excluding hydrogens is 184 g/mol. The number of carbonyl (C=O) groups is 2. The third-order valence-electron chi connectivity index (χ3n) is 2.57. The van der Waals surface area contributed by atoms with E-state index in [2.05, 4.69) is 5.32 Å². The van der Waals surface area contributed by atoms with Crippen LogP contribution < -0.4 is 5.32 Å². The minimum atomic E-state index is -0.288. The number of nitrogens with zero attached hydrogens (tertiary/aromatic N) is 1. The first-order valence-corrected chi connectivity index (χ1v) is 4.96. The maximum atomic E-state index is 11.2. The third kappa shape index (κ3) is 2.04. The van der Waals surface area contributed by atoms with Crippen molar-refractivity contribution in [3.05, 3.63) is 0 Å². The van der Waals surface area contributed by atoms with Crippen molar-refractivity contribution in [1.29, 1.82) is 0 Å². The summed E-state index contributed by atoms with van der Waals surface area (Å²) >= 11 is 0. The van der Waals surface area contributed by atoms with Gasteiger partial charge in [-0.15, -0.1) is 0 Å². The summed E-state index contributed by atoms with van der Waals surface area (Å²) in [4.78, 5) is 23.6. The van der Waals surface area contributed by atoms with Crippen LogP contribution in [0.2, 0.25) is 0 Å². The fourth-order valence-electron chi connectivity index (χ4n) is 1.83. The molecule has 0 aromatic carbocycles. The van der Waals surface area contributed by atoms with Crippen molar-refractivity contribution in [2.24, 2.45) is 0 Å². The number of rotatable bonds is 2. The number of carbonyl (C=O) groups excluding carboxylic acids is 2. The monoisotopic (exact) mass is 198 g/mol. The van der Waals surface area contributed by atoms with E-state index in [0.717, 1.165) is 25.9 Å². The summed E-state index contributed by atoms with van der Waals surface area (Å²) in [7, 11) is 0. The van der Waals surface area contributed by atoms with Gasteiger partial charge in [0.15, 0.2) is 0 Å². The predicted molar refractivity (Wildman–Crippen MR) is 48.7 cm³/mol. The minimum absolute atomic E-state index is 0.111. The van der Waals surface area contributed by atoms with Gasteiger partial charge in [0.2, 0.25) is 5.91 Å². The Morgan fingerprint density at radius 2 is 2.29 bits per heavy atom. The fraction of sp³-hybridized carbons (Fsp3) is 0.778. The van der Waals surface area contributed by atoms with E-state index >= 15 is 0 Å². The van der Waals surface area contributed by atoms with E-state index in [4.69, 9.17) is 4.74 Å². The van der Waals surface area contributed by atoms with Crippen LogP contribution in [0.15, 0.2) is 0 Å². The van der Waals surface area contributed by atoms with Crippen LogP contribution in [0.25, 0.3) is 0 Å². The number of ether oxygens (including phenoxy) is 1. The van der Waals surface area contributed by atoms with Gasteiger partial charge in [-0.05, 0) is 19.3 Å². The second kappa shape index (κ2) is 3.96. The lowest BCUT2D eigenvalue weighted by atomic mass is 10.1. The molecule has 1 atom stereocenters. The number of imide groups is 1. The molecule has 2 saturated heterocycles. The van der Waals surface area contributed by atoms with Crippen LogP contribution in [-0.4, -0.2) is 42.6 Å². The molecular formula is C9H14N2O3. The maximum Gasteiger partial charge on any atom is 0.324 e. The molecule has 2 aliphatic rings. The molecule has 2 aliphatic heterocycles. The Morgan fingerprint density at radius 3 is 2.86 bits per heavy atom. The zero-order chi connectivity index (χ0) is 9.97. The van der Waals surface area contributed by atoms with Crippen LogP contribution in [0.4, 0.5) is 4.79 Å². The number of hydrogen-bond acceptors (Lipinski definition) is 3. The lowest BCUT2D eigenvalue weighted by Crippen LogP contribution is -2.37. The van der Waals surface area contributed by atoms with Crippen molar-refractivity contribution in [2.75, 3.05) is 19.7 Å². The summed E-state index contributed by atoms with van der Waals surface area (Å²) in [5.41, 5.74) is 0. The number of amides is 3. The number of hydrogen-bond donors (Lipinski definition) is 1. The first-order valence-electron chi connectivity index (χ1n) is 4.96. The normalized spacial score (nSPS) is 28.0. The predicted octanol–water partition coefficient (Wildman–Crippen LogP) is 0.107. The van der Waals surface area contributed by atoms with Crippen molar-refractivity contribution in [3.63, 3.8) is 0 Å². The van der Waals surface area contributed by atoms with Gasteiger partial charge >= 0.3 is 6.03 Å². The fourth-order valence-corrected chi connectivity index (χ4v) is 1.83. The molecule has 78 valence electrons. The van der Waals surface area contributed by atoms with Crippen LogP contribution in [0.1, 0.15) is 19.3 Å². The van der Waals surface area contributed by atoms with Crippen molar-refractivity contribution < 1.29 is 14.3 Å². The summed E-state index contributed by atoms with van der Waals surface area (Å²) in [6, 6.07) is -0.288. The highest BCUT2D eigenvalue weighted by Crippen LogP contribution is 2.14. The zero-order valence-electron chi connectivity index (χ0n) is 7.99.